The normalized spacial score (nSPS) is 15.8. The van der Waals surface area contributed by atoms with Crippen LogP contribution >= 0.6 is 0 Å². The monoisotopic (exact) mass is 444 g/mol. The molecule has 0 bridgehead atoms. The van der Waals surface area contributed by atoms with Crippen LogP contribution in [0.1, 0.15) is 19.8 Å². The van der Waals surface area contributed by atoms with Gasteiger partial charge in [0.05, 0.1) is 9.82 Å². The van der Waals surface area contributed by atoms with Crippen LogP contribution in [0.2, 0.25) is 0 Å². The molecule has 162 valence electrons. The van der Waals surface area contributed by atoms with Gasteiger partial charge in [0.25, 0.3) is 0 Å². The van der Waals surface area contributed by atoms with Crippen molar-refractivity contribution in [1.29, 1.82) is 0 Å². The summed E-state index contributed by atoms with van der Waals surface area (Å²) >= 11 is 0. The van der Waals surface area contributed by atoms with Gasteiger partial charge in [0.2, 0.25) is 15.8 Å². The lowest BCUT2D eigenvalue weighted by atomic mass is 10.0. The standard InChI is InChI=1S/C21H20N2O7S/c1-14-8-10-22(11-9-14)31(27,28)17-5-6-19(18(13-17)23(25)26)29-16-4-2-15-3-7-21(24)30-20(15)12-16/h2-7,12-14H,8-11H2,1H3. The van der Waals surface area contributed by atoms with E-state index < -0.39 is 26.3 Å². The Balaban J connectivity index is 1.66. The average molecular weight is 444 g/mol. The number of piperidine rings is 1. The maximum Gasteiger partial charge on any atom is 0.336 e. The first-order valence-corrected chi connectivity index (χ1v) is 11.2. The van der Waals surface area contributed by atoms with E-state index in [0.717, 1.165) is 18.9 Å². The molecule has 3 aromatic rings. The lowest BCUT2D eigenvalue weighted by Crippen LogP contribution is -2.37. The minimum Gasteiger partial charge on any atom is -0.450 e. The number of ether oxygens (including phenoxy) is 1. The maximum absolute atomic E-state index is 12.9. The van der Waals surface area contributed by atoms with Gasteiger partial charge in [-0.25, -0.2) is 13.2 Å². The highest BCUT2D eigenvalue weighted by molar-refractivity contribution is 7.89. The van der Waals surface area contributed by atoms with Crippen LogP contribution < -0.4 is 10.4 Å². The Morgan fingerprint density at radius 1 is 1.10 bits per heavy atom. The fraction of sp³-hybridized carbons (Fsp3) is 0.286. The van der Waals surface area contributed by atoms with Crippen LogP contribution in [-0.2, 0) is 10.0 Å². The molecule has 0 saturated carbocycles. The fourth-order valence-electron chi connectivity index (χ4n) is 3.49. The lowest BCUT2D eigenvalue weighted by molar-refractivity contribution is -0.385. The number of nitro groups is 1. The highest BCUT2D eigenvalue weighted by atomic mass is 32.2. The van der Waals surface area contributed by atoms with Crippen LogP contribution in [0.4, 0.5) is 5.69 Å². The average Bonchev–Trinajstić information content (AvgIpc) is 2.73. The van der Waals surface area contributed by atoms with Crippen molar-refractivity contribution in [1.82, 2.24) is 4.31 Å². The van der Waals surface area contributed by atoms with Crippen LogP contribution in [0.15, 0.2) is 62.6 Å². The summed E-state index contributed by atoms with van der Waals surface area (Å²) in [6.45, 7) is 2.84. The van der Waals surface area contributed by atoms with Gasteiger partial charge in [-0.3, -0.25) is 10.1 Å². The Bertz CT molecular complexity index is 1310. The zero-order valence-corrected chi connectivity index (χ0v) is 17.5. The summed E-state index contributed by atoms with van der Waals surface area (Å²) < 4.78 is 38.0. The number of benzene rings is 2. The molecule has 1 aromatic heterocycles. The topological polar surface area (TPSA) is 120 Å². The van der Waals surface area contributed by atoms with Gasteiger partial charge in [-0.2, -0.15) is 4.31 Å². The second-order valence-electron chi connectivity index (χ2n) is 7.53. The van der Waals surface area contributed by atoms with E-state index >= 15 is 0 Å². The van der Waals surface area contributed by atoms with Crippen molar-refractivity contribution >= 4 is 26.7 Å². The molecule has 0 amide bonds. The molecule has 2 heterocycles. The molecule has 0 radical (unpaired) electrons. The first-order valence-electron chi connectivity index (χ1n) is 9.74. The number of fused-ring (bicyclic) bond motifs is 1. The minimum absolute atomic E-state index is 0.117. The molecular weight excluding hydrogens is 424 g/mol. The molecule has 2 aromatic carbocycles. The summed E-state index contributed by atoms with van der Waals surface area (Å²) in [6, 6.07) is 11.1. The summed E-state index contributed by atoms with van der Waals surface area (Å²) in [7, 11) is -3.84. The molecule has 0 unspecified atom stereocenters. The van der Waals surface area contributed by atoms with Crippen LogP contribution in [0.5, 0.6) is 11.5 Å². The van der Waals surface area contributed by atoms with Crippen molar-refractivity contribution in [2.75, 3.05) is 13.1 Å². The van der Waals surface area contributed by atoms with E-state index in [-0.39, 0.29) is 22.0 Å². The number of sulfonamides is 1. The third-order valence-electron chi connectivity index (χ3n) is 5.33. The highest BCUT2D eigenvalue weighted by Crippen LogP contribution is 2.35. The fourth-order valence-corrected chi connectivity index (χ4v) is 4.98. The SMILES string of the molecule is CC1CCN(S(=O)(=O)c2ccc(Oc3ccc4ccc(=O)oc4c3)c([N+](=O)[O-])c2)CC1. The van der Waals surface area contributed by atoms with E-state index in [4.69, 9.17) is 9.15 Å². The van der Waals surface area contributed by atoms with Crippen LogP contribution in [0.3, 0.4) is 0 Å². The molecule has 1 fully saturated rings. The van der Waals surface area contributed by atoms with Crippen LogP contribution in [-0.4, -0.2) is 30.7 Å². The van der Waals surface area contributed by atoms with E-state index in [0.29, 0.717) is 24.4 Å². The summed E-state index contributed by atoms with van der Waals surface area (Å²) in [4.78, 5) is 22.2. The van der Waals surface area contributed by atoms with Gasteiger partial charge in [0.15, 0.2) is 0 Å². The van der Waals surface area contributed by atoms with Crippen molar-refractivity contribution in [2.24, 2.45) is 5.92 Å². The molecule has 0 aliphatic carbocycles. The Kier molecular flexibility index (Phi) is 5.50. The zero-order chi connectivity index (χ0) is 22.2. The van der Waals surface area contributed by atoms with Gasteiger partial charge < -0.3 is 9.15 Å². The van der Waals surface area contributed by atoms with E-state index in [1.165, 1.54) is 28.6 Å². The van der Waals surface area contributed by atoms with E-state index in [1.807, 2.05) is 0 Å². The minimum atomic E-state index is -3.84. The quantitative estimate of drug-likeness (QED) is 0.332. The summed E-state index contributed by atoms with van der Waals surface area (Å²) in [6.07, 6.45) is 1.50. The predicted octanol–water partition coefficient (Wildman–Crippen LogP) is 3.91. The molecule has 31 heavy (non-hydrogen) atoms. The van der Waals surface area contributed by atoms with Crippen molar-refractivity contribution < 1.29 is 22.5 Å². The van der Waals surface area contributed by atoms with Crippen molar-refractivity contribution in [3.63, 3.8) is 0 Å². The Hall–Kier alpha value is -3.24. The van der Waals surface area contributed by atoms with Gasteiger partial charge in [-0.05, 0) is 49.1 Å². The van der Waals surface area contributed by atoms with Crippen molar-refractivity contribution in [3.8, 4) is 11.5 Å². The lowest BCUT2D eigenvalue weighted by Gasteiger charge is -2.29. The second kappa shape index (κ2) is 8.12. The van der Waals surface area contributed by atoms with Gasteiger partial charge in [0, 0.05) is 36.7 Å². The van der Waals surface area contributed by atoms with Gasteiger partial charge >= 0.3 is 11.3 Å². The summed E-state index contributed by atoms with van der Waals surface area (Å²) in [5, 5.41) is 12.3. The Morgan fingerprint density at radius 3 is 2.52 bits per heavy atom. The Morgan fingerprint density at radius 2 is 1.81 bits per heavy atom. The van der Waals surface area contributed by atoms with Crippen LogP contribution in [0, 0.1) is 16.0 Å². The van der Waals surface area contributed by atoms with Crippen molar-refractivity contribution in [2.45, 2.75) is 24.7 Å². The molecule has 1 aliphatic rings. The smallest absolute Gasteiger partial charge is 0.336 e. The maximum atomic E-state index is 12.9. The first kappa shape index (κ1) is 21.0. The van der Waals surface area contributed by atoms with E-state index in [1.54, 1.807) is 18.2 Å². The van der Waals surface area contributed by atoms with Gasteiger partial charge in [-0.1, -0.05) is 6.92 Å². The molecule has 9 nitrogen and oxygen atoms in total. The summed E-state index contributed by atoms with van der Waals surface area (Å²) in [5.74, 6) is 0.544. The van der Waals surface area contributed by atoms with Gasteiger partial charge in [0.1, 0.15) is 11.3 Å². The third-order valence-corrected chi connectivity index (χ3v) is 7.22. The number of rotatable bonds is 5. The molecule has 1 saturated heterocycles. The Labute approximate surface area is 178 Å². The molecular formula is C21H20N2O7S. The van der Waals surface area contributed by atoms with Crippen molar-refractivity contribution in [3.05, 3.63) is 69.1 Å². The number of nitro benzene ring substituents is 1. The van der Waals surface area contributed by atoms with Gasteiger partial charge in [-0.15, -0.1) is 0 Å². The second-order valence-corrected chi connectivity index (χ2v) is 9.47. The molecule has 0 spiro atoms. The first-order chi connectivity index (χ1) is 14.7. The molecule has 4 rings (SSSR count). The number of nitrogens with zero attached hydrogens (tertiary/aromatic N) is 2. The molecule has 1 aliphatic heterocycles. The zero-order valence-electron chi connectivity index (χ0n) is 16.7. The predicted molar refractivity (Wildman–Crippen MR) is 113 cm³/mol. The number of hydrogen-bond acceptors (Lipinski definition) is 7. The number of hydrogen-bond donors (Lipinski definition) is 0. The molecule has 0 N–H and O–H groups in total. The largest absolute Gasteiger partial charge is 0.450 e. The third kappa shape index (κ3) is 4.30. The van der Waals surface area contributed by atoms with Crippen LogP contribution in [0.25, 0.3) is 11.0 Å². The molecule has 10 heteroatoms. The van der Waals surface area contributed by atoms with E-state index in [2.05, 4.69) is 6.92 Å². The summed E-state index contributed by atoms with van der Waals surface area (Å²) in [5.41, 5.74) is -0.732. The van der Waals surface area contributed by atoms with E-state index in [9.17, 15) is 23.3 Å². The highest BCUT2D eigenvalue weighted by Gasteiger charge is 2.30. The molecule has 0 atom stereocenters.